The van der Waals surface area contributed by atoms with Crippen LogP contribution in [-0.4, -0.2) is 25.6 Å². The zero-order chi connectivity index (χ0) is 11.1. The number of hydrogen-bond donors (Lipinski definition) is 2. The van der Waals surface area contributed by atoms with Crippen LogP contribution in [0.25, 0.3) is 0 Å². The fraction of sp³-hybridized carbons (Fsp3) is 0.417. The molecule has 2 unspecified atom stereocenters. The van der Waals surface area contributed by atoms with Crippen LogP contribution in [0.3, 0.4) is 0 Å². The third kappa shape index (κ3) is 1.26. The number of methoxy groups -OCH3 is 1. The van der Waals surface area contributed by atoms with E-state index in [9.17, 15) is 4.79 Å². The number of piperidine rings is 1. The van der Waals surface area contributed by atoms with E-state index in [2.05, 4.69) is 10.6 Å². The van der Waals surface area contributed by atoms with Gasteiger partial charge in [0, 0.05) is 18.2 Å². The molecule has 0 aromatic heterocycles. The number of nitrogens with one attached hydrogen (secondary N) is 2. The van der Waals surface area contributed by atoms with Crippen LogP contribution in [0.2, 0.25) is 0 Å². The number of amides is 1. The van der Waals surface area contributed by atoms with Crippen molar-refractivity contribution >= 4 is 11.6 Å². The van der Waals surface area contributed by atoms with E-state index in [1.165, 1.54) is 5.56 Å². The molecule has 2 aliphatic rings. The van der Waals surface area contributed by atoms with Crippen molar-refractivity contribution in [1.29, 1.82) is 0 Å². The third-order valence-corrected chi connectivity index (χ3v) is 3.41. The molecule has 2 heterocycles. The maximum absolute atomic E-state index is 11.7. The highest BCUT2D eigenvalue weighted by Crippen LogP contribution is 2.41. The Kier molecular flexibility index (Phi) is 2.02. The molecule has 1 saturated heterocycles. The summed E-state index contributed by atoms with van der Waals surface area (Å²) in [6.07, 6.45) is 0.990. The average Bonchev–Trinajstić information content (AvgIpc) is 2.68. The van der Waals surface area contributed by atoms with Crippen LogP contribution >= 0.6 is 0 Å². The Bertz CT molecular complexity index is 445. The first-order chi connectivity index (χ1) is 7.79. The van der Waals surface area contributed by atoms with Gasteiger partial charge in [0.25, 0.3) is 0 Å². The highest BCUT2D eigenvalue weighted by atomic mass is 16.5. The predicted octanol–water partition coefficient (Wildman–Crippen LogP) is 1.09. The van der Waals surface area contributed by atoms with Crippen molar-refractivity contribution in [2.45, 2.75) is 18.4 Å². The van der Waals surface area contributed by atoms with Crippen molar-refractivity contribution in [3.63, 3.8) is 0 Å². The quantitative estimate of drug-likeness (QED) is 0.742. The molecule has 1 aromatic carbocycles. The van der Waals surface area contributed by atoms with Gasteiger partial charge in [-0.05, 0) is 30.2 Å². The van der Waals surface area contributed by atoms with Gasteiger partial charge in [-0.1, -0.05) is 0 Å². The molecule has 1 amide bonds. The largest absolute Gasteiger partial charge is 0.497 e. The number of rotatable bonds is 1. The van der Waals surface area contributed by atoms with Gasteiger partial charge >= 0.3 is 0 Å². The highest BCUT2D eigenvalue weighted by Gasteiger charge is 2.39. The van der Waals surface area contributed by atoms with Gasteiger partial charge in [0.05, 0.1) is 7.11 Å². The summed E-state index contributed by atoms with van der Waals surface area (Å²) in [7, 11) is 1.66. The zero-order valence-corrected chi connectivity index (χ0v) is 9.12. The molecule has 0 radical (unpaired) electrons. The summed E-state index contributed by atoms with van der Waals surface area (Å²) in [5.41, 5.74) is 2.27. The van der Waals surface area contributed by atoms with E-state index in [1.54, 1.807) is 7.11 Å². The van der Waals surface area contributed by atoms with Crippen molar-refractivity contribution < 1.29 is 9.53 Å². The number of fused-ring (bicyclic) bond motifs is 3. The Balaban J connectivity index is 2.01. The molecule has 1 aromatic rings. The fourth-order valence-corrected chi connectivity index (χ4v) is 2.58. The zero-order valence-electron chi connectivity index (χ0n) is 9.12. The van der Waals surface area contributed by atoms with Crippen molar-refractivity contribution in [3.05, 3.63) is 23.8 Å². The molecule has 0 bridgehead atoms. The van der Waals surface area contributed by atoms with Crippen LogP contribution in [-0.2, 0) is 4.79 Å². The van der Waals surface area contributed by atoms with Crippen LogP contribution in [0, 0.1) is 0 Å². The average molecular weight is 218 g/mol. The molecule has 3 rings (SSSR count). The lowest BCUT2D eigenvalue weighted by Gasteiger charge is -2.25. The summed E-state index contributed by atoms with van der Waals surface area (Å²) < 4.78 is 5.22. The van der Waals surface area contributed by atoms with Gasteiger partial charge in [-0.25, -0.2) is 0 Å². The van der Waals surface area contributed by atoms with Crippen molar-refractivity contribution in [3.8, 4) is 5.75 Å². The second-order valence-corrected chi connectivity index (χ2v) is 4.26. The summed E-state index contributed by atoms with van der Waals surface area (Å²) in [5.74, 6) is 1.25. The van der Waals surface area contributed by atoms with Gasteiger partial charge in [-0.3, -0.25) is 4.79 Å². The molecule has 4 heteroatoms. The highest BCUT2D eigenvalue weighted by molar-refractivity contribution is 5.89. The fourth-order valence-electron chi connectivity index (χ4n) is 2.58. The van der Waals surface area contributed by atoms with E-state index < -0.39 is 0 Å². The van der Waals surface area contributed by atoms with Crippen LogP contribution in [0.5, 0.6) is 5.75 Å². The van der Waals surface area contributed by atoms with Crippen LogP contribution in [0.4, 0.5) is 5.69 Å². The molecule has 2 atom stereocenters. The molecule has 4 nitrogen and oxygen atoms in total. The van der Waals surface area contributed by atoms with E-state index in [1.807, 2.05) is 18.2 Å². The first-order valence-corrected chi connectivity index (χ1v) is 5.52. The Hall–Kier alpha value is -1.71. The normalized spacial score (nSPS) is 26.4. The third-order valence-electron chi connectivity index (χ3n) is 3.41. The summed E-state index contributed by atoms with van der Waals surface area (Å²) >= 11 is 0. The van der Waals surface area contributed by atoms with Crippen LogP contribution in [0.1, 0.15) is 17.9 Å². The van der Waals surface area contributed by atoms with Gasteiger partial charge < -0.3 is 15.4 Å². The summed E-state index contributed by atoms with van der Waals surface area (Å²) in [6, 6.07) is 5.84. The van der Waals surface area contributed by atoms with E-state index >= 15 is 0 Å². The summed E-state index contributed by atoms with van der Waals surface area (Å²) in [6.45, 7) is 0.762. The minimum absolute atomic E-state index is 0.101. The van der Waals surface area contributed by atoms with Gasteiger partial charge in [-0.2, -0.15) is 0 Å². The van der Waals surface area contributed by atoms with Gasteiger partial charge in [-0.15, -0.1) is 0 Å². The Morgan fingerprint density at radius 2 is 2.31 bits per heavy atom. The topological polar surface area (TPSA) is 50.4 Å². The van der Waals surface area contributed by atoms with Crippen molar-refractivity contribution in [2.75, 3.05) is 19.0 Å². The number of carbonyl (C=O) groups is 1. The first-order valence-electron chi connectivity index (χ1n) is 5.52. The predicted molar refractivity (Wildman–Crippen MR) is 60.8 cm³/mol. The summed E-state index contributed by atoms with van der Waals surface area (Å²) in [5, 5.41) is 6.15. The monoisotopic (exact) mass is 218 g/mol. The minimum atomic E-state index is -0.101. The van der Waals surface area contributed by atoms with E-state index in [-0.39, 0.29) is 11.9 Å². The van der Waals surface area contributed by atoms with Gasteiger partial charge in [0.15, 0.2) is 0 Å². The second kappa shape index (κ2) is 3.40. The van der Waals surface area contributed by atoms with Crippen molar-refractivity contribution in [1.82, 2.24) is 5.32 Å². The van der Waals surface area contributed by atoms with E-state index in [4.69, 9.17) is 4.74 Å². The van der Waals surface area contributed by atoms with Crippen LogP contribution < -0.4 is 15.4 Å². The van der Waals surface area contributed by atoms with E-state index in [0.717, 1.165) is 24.4 Å². The number of benzene rings is 1. The molecular weight excluding hydrogens is 204 g/mol. The standard InChI is InChI=1S/C12H14N2O2/c1-16-7-2-3-10-9(6-7)8-4-5-13-12(15)11(8)14-10/h2-3,6,8,11,14H,4-5H2,1H3,(H,13,15). The number of anilines is 1. The molecule has 16 heavy (non-hydrogen) atoms. The molecule has 84 valence electrons. The summed E-state index contributed by atoms with van der Waals surface area (Å²) in [4.78, 5) is 11.7. The molecule has 0 spiro atoms. The van der Waals surface area contributed by atoms with E-state index in [0.29, 0.717) is 5.92 Å². The van der Waals surface area contributed by atoms with Crippen molar-refractivity contribution in [2.24, 2.45) is 0 Å². The lowest BCUT2D eigenvalue weighted by atomic mass is 9.89. The Morgan fingerprint density at radius 3 is 3.12 bits per heavy atom. The molecular formula is C12H14N2O2. The first kappa shape index (κ1) is 9.51. The smallest absolute Gasteiger partial charge is 0.243 e. The minimum Gasteiger partial charge on any atom is -0.497 e. The van der Waals surface area contributed by atoms with Gasteiger partial charge in [0.2, 0.25) is 5.91 Å². The molecule has 0 aliphatic carbocycles. The lowest BCUT2D eigenvalue weighted by Crippen LogP contribution is -2.46. The number of carbonyl (C=O) groups excluding carboxylic acids is 1. The second-order valence-electron chi connectivity index (χ2n) is 4.26. The lowest BCUT2D eigenvalue weighted by molar-refractivity contribution is -0.123. The van der Waals surface area contributed by atoms with Crippen LogP contribution in [0.15, 0.2) is 18.2 Å². The molecule has 0 saturated carbocycles. The Labute approximate surface area is 94.0 Å². The molecule has 2 aliphatic heterocycles. The number of hydrogen-bond acceptors (Lipinski definition) is 3. The molecule has 1 fully saturated rings. The van der Waals surface area contributed by atoms with Gasteiger partial charge in [0.1, 0.15) is 11.8 Å². The maximum atomic E-state index is 11.7. The number of ether oxygens (including phenoxy) is 1. The SMILES string of the molecule is COc1ccc2c(c1)C1CCNC(=O)C1N2. The Morgan fingerprint density at radius 1 is 1.44 bits per heavy atom. The molecule has 2 N–H and O–H groups in total. The maximum Gasteiger partial charge on any atom is 0.243 e.